The Labute approximate surface area is 146 Å². The summed E-state index contributed by atoms with van der Waals surface area (Å²) in [6, 6.07) is 8.22. The number of piperidine rings is 1. The van der Waals surface area contributed by atoms with Gasteiger partial charge >= 0.3 is 0 Å². The van der Waals surface area contributed by atoms with E-state index in [1.54, 1.807) is 0 Å². The Balaban J connectivity index is 1.56. The van der Waals surface area contributed by atoms with Gasteiger partial charge in [-0.3, -0.25) is 4.79 Å². The third-order valence-electron chi connectivity index (χ3n) is 4.99. The molecule has 0 atom stereocenters. The lowest BCUT2D eigenvalue weighted by Crippen LogP contribution is -2.45. The summed E-state index contributed by atoms with van der Waals surface area (Å²) in [4.78, 5) is 15.0. The maximum Gasteiger partial charge on any atom is 0.233 e. The molecule has 0 bridgehead atoms. The Bertz CT molecular complexity index is 534. The van der Waals surface area contributed by atoms with Gasteiger partial charge in [-0.25, -0.2) is 0 Å². The quantitative estimate of drug-likeness (QED) is 0.771. The van der Waals surface area contributed by atoms with E-state index < -0.39 is 0 Å². The van der Waals surface area contributed by atoms with Crippen LogP contribution in [0.25, 0.3) is 0 Å². The number of amides is 1. The third-order valence-corrected chi connectivity index (χ3v) is 5.52. The second kappa shape index (κ2) is 7.32. The van der Waals surface area contributed by atoms with Crippen LogP contribution in [0.3, 0.4) is 0 Å². The molecule has 1 saturated carbocycles. The molecular weight excluding hydrogens is 356 g/mol. The Morgan fingerprint density at radius 3 is 2.48 bits per heavy atom. The summed E-state index contributed by atoms with van der Waals surface area (Å²) >= 11 is 3.46. The number of carbonyl (C=O) groups excluding carboxylic acids is 1. The highest BCUT2D eigenvalue weighted by Crippen LogP contribution is 2.50. The standard InChI is InChI=1S/C18H25BrN2O2/c19-15-4-2-14(3-5-15)18(8-9-18)17(22)21-11-6-16(7-12-21)23-13-1-10-20/h2-5,16H,1,6-13,20H2. The zero-order chi connectivity index (χ0) is 16.3. The lowest BCUT2D eigenvalue weighted by Gasteiger charge is -2.34. The van der Waals surface area contributed by atoms with E-state index in [4.69, 9.17) is 10.5 Å². The zero-order valence-electron chi connectivity index (χ0n) is 13.5. The van der Waals surface area contributed by atoms with Gasteiger partial charge in [-0.1, -0.05) is 28.1 Å². The van der Waals surface area contributed by atoms with Crippen LogP contribution in [-0.4, -0.2) is 43.2 Å². The van der Waals surface area contributed by atoms with Crippen LogP contribution in [0.2, 0.25) is 0 Å². The van der Waals surface area contributed by atoms with Crippen molar-refractivity contribution in [1.29, 1.82) is 0 Å². The van der Waals surface area contributed by atoms with Crippen molar-refractivity contribution < 1.29 is 9.53 Å². The first-order valence-electron chi connectivity index (χ1n) is 8.53. The Kier molecular flexibility index (Phi) is 5.39. The lowest BCUT2D eigenvalue weighted by atomic mass is 9.93. The molecule has 3 rings (SSSR count). The number of benzene rings is 1. The molecule has 23 heavy (non-hydrogen) atoms. The number of ether oxygens (including phenoxy) is 1. The molecule has 126 valence electrons. The normalized spacial score (nSPS) is 20.5. The Morgan fingerprint density at radius 1 is 1.26 bits per heavy atom. The van der Waals surface area contributed by atoms with Gasteiger partial charge in [0, 0.05) is 24.2 Å². The maximum atomic E-state index is 13.0. The lowest BCUT2D eigenvalue weighted by molar-refractivity contribution is -0.136. The fourth-order valence-corrected chi connectivity index (χ4v) is 3.65. The van der Waals surface area contributed by atoms with Gasteiger partial charge in [0.25, 0.3) is 0 Å². The van der Waals surface area contributed by atoms with Crippen LogP contribution in [0.15, 0.2) is 28.7 Å². The predicted molar refractivity (Wildman–Crippen MR) is 94.3 cm³/mol. The minimum absolute atomic E-state index is 0.256. The molecule has 5 heteroatoms. The molecule has 1 saturated heterocycles. The van der Waals surface area contributed by atoms with Crippen molar-refractivity contribution in [2.75, 3.05) is 26.2 Å². The minimum atomic E-state index is -0.256. The molecule has 2 N–H and O–H groups in total. The fourth-order valence-electron chi connectivity index (χ4n) is 3.38. The van der Waals surface area contributed by atoms with Crippen LogP contribution in [0.5, 0.6) is 0 Å². The number of rotatable bonds is 6. The predicted octanol–water partition coefficient (Wildman–Crippen LogP) is 2.84. The molecule has 1 heterocycles. The van der Waals surface area contributed by atoms with Crippen molar-refractivity contribution in [2.24, 2.45) is 5.73 Å². The molecule has 1 aromatic carbocycles. The molecule has 0 unspecified atom stereocenters. The molecule has 2 aliphatic rings. The average Bonchev–Trinajstić information content (AvgIpc) is 3.38. The van der Waals surface area contributed by atoms with E-state index in [2.05, 4.69) is 28.1 Å². The number of hydrogen-bond acceptors (Lipinski definition) is 3. The van der Waals surface area contributed by atoms with Crippen LogP contribution >= 0.6 is 15.9 Å². The topological polar surface area (TPSA) is 55.6 Å². The maximum absolute atomic E-state index is 13.0. The molecule has 1 aromatic rings. The van der Waals surface area contributed by atoms with Crippen LogP contribution < -0.4 is 5.73 Å². The molecular formula is C18H25BrN2O2. The molecule has 0 radical (unpaired) electrons. The number of nitrogens with zero attached hydrogens (tertiary/aromatic N) is 1. The van der Waals surface area contributed by atoms with Crippen molar-refractivity contribution in [3.05, 3.63) is 34.3 Å². The van der Waals surface area contributed by atoms with Crippen molar-refractivity contribution in [2.45, 2.75) is 43.6 Å². The van der Waals surface area contributed by atoms with E-state index >= 15 is 0 Å². The average molecular weight is 381 g/mol. The summed E-state index contributed by atoms with van der Waals surface area (Å²) in [6.07, 6.45) is 5.01. The van der Waals surface area contributed by atoms with Crippen LogP contribution in [0, 0.1) is 0 Å². The second-order valence-electron chi connectivity index (χ2n) is 6.59. The molecule has 1 amide bonds. The van der Waals surface area contributed by atoms with Crippen LogP contribution in [-0.2, 0) is 14.9 Å². The first-order valence-corrected chi connectivity index (χ1v) is 9.32. The van der Waals surface area contributed by atoms with Crippen LogP contribution in [0.1, 0.15) is 37.7 Å². The molecule has 1 aliphatic carbocycles. The SMILES string of the molecule is NCCCOC1CCN(C(=O)C2(c3ccc(Br)cc3)CC2)CC1. The van der Waals surface area contributed by atoms with Crippen LogP contribution in [0.4, 0.5) is 0 Å². The summed E-state index contributed by atoms with van der Waals surface area (Å²) in [5.41, 5.74) is 6.39. The molecule has 4 nitrogen and oxygen atoms in total. The molecule has 0 spiro atoms. The van der Waals surface area contributed by atoms with E-state index in [1.807, 2.05) is 17.0 Å². The van der Waals surface area contributed by atoms with Crippen molar-refractivity contribution in [3.63, 3.8) is 0 Å². The van der Waals surface area contributed by atoms with E-state index in [9.17, 15) is 4.79 Å². The Hall–Kier alpha value is -0.910. The first kappa shape index (κ1) is 16.9. The molecule has 1 aliphatic heterocycles. The smallest absolute Gasteiger partial charge is 0.233 e. The van der Waals surface area contributed by atoms with E-state index in [-0.39, 0.29) is 11.5 Å². The van der Waals surface area contributed by atoms with Crippen molar-refractivity contribution >= 4 is 21.8 Å². The summed E-state index contributed by atoms with van der Waals surface area (Å²) in [6.45, 7) is 3.03. The molecule has 0 aromatic heterocycles. The van der Waals surface area contributed by atoms with Crippen molar-refractivity contribution in [1.82, 2.24) is 4.90 Å². The number of nitrogens with two attached hydrogens (primary N) is 1. The summed E-state index contributed by atoms with van der Waals surface area (Å²) in [5, 5.41) is 0. The van der Waals surface area contributed by atoms with Gasteiger partial charge in [0.1, 0.15) is 0 Å². The van der Waals surface area contributed by atoms with Gasteiger partial charge in [0.05, 0.1) is 11.5 Å². The summed E-state index contributed by atoms with van der Waals surface area (Å²) in [7, 11) is 0. The van der Waals surface area contributed by atoms with Gasteiger partial charge in [0.2, 0.25) is 5.91 Å². The van der Waals surface area contributed by atoms with E-state index in [0.29, 0.717) is 12.5 Å². The van der Waals surface area contributed by atoms with E-state index in [0.717, 1.165) is 61.8 Å². The van der Waals surface area contributed by atoms with Gasteiger partial charge in [-0.05, 0) is 56.3 Å². The Morgan fingerprint density at radius 2 is 1.91 bits per heavy atom. The molecule has 2 fully saturated rings. The van der Waals surface area contributed by atoms with Gasteiger partial charge in [-0.2, -0.15) is 0 Å². The van der Waals surface area contributed by atoms with Gasteiger partial charge in [0.15, 0.2) is 0 Å². The number of carbonyl (C=O) groups is 1. The van der Waals surface area contributed by atoms with Crippen molar-refractivity contribution in [3.8, 4) is 0 Å². The highest BCUT2D eigenvalue weighted by molar-refractivity contribution is 9.10. The number of halogens is 1. The third kappa shape index (κ3) is 3.78. The number of likely N-dealkylation sites (tertiary alicyclic amines) is 1. The zero-order valence-corrected chi connectivity index (χ0v) is 15.1. The summed E-state index contributed by atoms with van der Waals surface area (Å²) < 4.78 is 6.88. The first-order chi connectivity index (χ1) is 11.2. The van der Waals surface area contributed by atoms with Gasteiger partial charge < -0.3 is 15.4 Å². The number of hydrogen-bond donors (Lipinski definition) is 1. The minimum Gasteiger partial charge on any atom is -0.378 e. The largest absolute Gasteiger partial charge is 0.378 e. The fraction of sp³-hybridized carbons (Fsp3) is 0.611. The van der Waals surface area contributed by atoms with E-state index in [1.165, 1.54) is 0 Å². The van der Waals surface area contributed by atoms with Gasteiger partial charge in [-0.15, -0.1) is 0 Å². The summed E-state index contributed by atoms with van der Waals surface area (Å²) in [5.74, 6) is 0.306. The highest BCUT2D eigenvalue weighted by Gasteiger charge is 2.53. The monoisotopic (exact) mass is 380 g/mol. The second-order valence-corrected chi connectivity index (χ2v) is 7.51. The highest BCUT2D eigenvalue weighted by atomic mass is 79.9.